The predicted molar refractivity (Wildman–Crippen MR) is 205 cm³/mol. The molecule has 0 saturated carbocycles. The van der Waals surface area contributed by atoms with Gasteiger partial charge in [0.2, 0.25) is 0 Å². The first-order valence-electron chi connectivity index (χ1n) is 17.5. The number of amides is 2. The average molecular weight is 733 g/mol. The molecule has 6 rings (SSSR count). The third-order valence-corrected chi connectivity index (χ3v) is 10.3. The van der Waals surface area contributed by atoms with E-state index in [0.717, 1.165) is 49.6 Å². The van der Waals surface area contributed by atoms with Crippen LogP contribution >= 0.6 is 11.8 Å². The van der Waals surface area contributed by atoms with Gasteiger partial charge in [-0.25, -0.2) is 9.59 Å². The topological polar surface area (TPSA) is 115 Å². The van der Waals surface area contributed by atoms with Crippen molar-refractivity contribution >= 4 is 23.8 Å². The lowest BCUT2D eigenvalue weighted by atomic mass is 9.98. The summed E-state index contributed by atoms with van der Waals surface area (Å²) >= 11 is 1.70. The third-order valence-electron chi connectivity index (χ3n) is 9.13. The van der Waals surface area contributed by atoms with E-state index in [4.69, 9.17) is 18.9 Å². The van der Waals surface area contributed by atoms with Gasteiger partial charge in [-0.3, -0.25) is 0 Å². The lowest BCUT2D eigenvalue weighted by molar-refractivity contribution is -0.245. The molecule has 5 aromatic rings. The van der Waals surface area contributed by atoms with Gasteiger partial charge in [-0.2, -0.15) is 0 Å². The summed E-state index contributed by atoms with van der Waals surface area (Å²) in [5.41, 5.74) is 6.53. The van der Waals surface area contributed by atoms with Crippen molar-refractivity contribution in [2.24, 2.45) is 0 Å². The van der Waals surface area contributed by atoms with Gasteiger partial charge in [-0.05, 0) is 45.5 Å². The molecule has 3 N–H and O–H groups in total. The Morgan fingerprint density at radius 3 is 2.25 bits per heavy atom. The Kier molecular flexibility index (Phi) is 13.2. The number of methoxy groups -OCH3 is 2. The highest BCUT2D eigenvalue weighted by Gasteiger charge is 2.32. The van der Waals surface area contributed by atoms with Crippen molar-refractivity contribution in [1.82, 2.24) is 10.6 Å². The lowest BCUT2D eigenvalue weighted by Crippen LogP contribution is -2.47. The van der Waals surface area contributed by atoms with Crippen LogP contribution in [0, 0.1) is 0 Å². The number of aliphatic hydroxyl groups is 1. The maximum Gasteiger partial charge on any atom is 0.328 e. The van der Waals surface area contributed by atoms with Crippen LogP contribution in [0.25, 0.3) is 11.1 Å². The highest BCUT2D eigenvalue weighted by atomic mass is 32.2. The van der Waals surface area contributed by atoms with Gasteiger partial charge in [0.05, 0.1) is 33.0 Å². The van der Waals surface area contributed by atoms with Crippen LogP contribution in [0.3, 0.4) is 0 Å². The molecule has 1 fully saturated rings. The van der Waals surface area contributed by atoms with Gasteiger partial charge in [-0.1, -0.05) is 115 Å². The molecule has 2 amide bonds. The molecule has 0 aliphatic carbocycles. The van der Waals surface area contributed by atoms with Crippen LogP contribution in [0.1, 0.15) is 46.6 Å². The van der Waals surface area contributed by atoms with E-state index >= 15 is 0 Å². The number of urea groups is 1. The second-order valence-corrected chi connectivity index (χ2v) is 13.7. The summed E-state index contributed by atoms with van der Waals surface area (Å²) in [5.74, 6) is 1.03. The zero-order valence-electron chi connectivity index (χ0n) is 29.8. The predicted octanol–water partition coefficient (Wildman–Crippen LogP) is 7.78. The van der Waals surface area contributed by atoms with Crippen LogP contribution in [0.15, 0.2) is 132 Å². The second-order valence-electron chi connectivity index (χ2n) is 12.7. The molecular formula is C43H44N2O7S. The largest absolute Gasteiger partial charge is 0.496 e. The van der Waals surface area contributed by atoms with E-state index in [-0.39, 0.29) is 25.4 Å². The quantitative estimate of drug-likeness (QED) is 0.0784. The SMILES string of the molecule is COC(=O)C(Cc1ccccc1)NC(=O)NCc1ccccc1-c1ccc(C2OC(CSc3ccccc3OC)CC(c3ccc(CO)cc3)O2)cc1. The molecule has 0 radical (unpaired) electrons. The number of ether oxygens (including phenoxy) is 4. The molecule has 4 unspecified atom stereocenters. The summed E-state index contributed by atoms with van der Waals surface area (Å²) < 4.78 is 23.7. The Morgan fingerprint density at radius 1 is 0.811 bits per heavy atom. The minimum Gasteiger partial charge on any atom is -0.496 e. The molecule has 1 aliphatic rings. The molecule has 1 saturated heterocycles. The first-order valence-corrected chi connectivity index (χ1v) is 18.5. The van der Waals surface area contributed by atoms with Gasteiger partial charge in [-0.15, -0.1) is 11.8 Å². The van der Waals surface area contributed by atoms with Crippen LogP contribution in [0.2, 0.25) is 0 Å². The van der Waals surface area contributed by atoms with Crippen LogP contribution in [-0.4, -0.2) is 49.2 Å². The van der Waals surface area contributed by atoms with Crippen LogP contribution in [0.5, 0.6) is 5.75 Å². The Hall–Kier alpha value is -5.13. The maximum atomic E-state index is 13.0. The van der Waals surface area contributed by atoms with Gasteiger partial charge < -0.3 is 34.7 Å². The van der Waals surface area contributed by atoms with E-state index in [1.54, 1.807) is 18.9 Å². The fourth-order valence-corrected chi connectivity index (χ4v) is 7.34. The van der Waals surface area contributed by atoms with Crippen molar-refractivity contribution in [1.29, 1.82) is 0 Å². The molecule has 0 bridgehead atoms. The number of benzene rings is 5. The van der Waals surface area contributed by atoms with E-state index in [9.17, 15) is 14.7 Å². The molecule has 1 heterocycles. The number of rotatable bonds is 14. The summed E-state index contributed by atoms with van der Waals surface area (Å²) in [5, 5.41) is 15.2. The highest BCUT2D eigenvalue weighted by Crippen LogP contribution is 2.41. The maximum absolute atomic E-state index is 13.0. The molecular weight excluding hydrogens is 689 g/mol. The van der Waals surface area contributed by atoms with E-state index in [2.05, 4.69) is 16.7 Å². The summed E-state index contributed by atoms with van der Waals surface area (Å²) in [6.07, 6.45) is 0.0959. The Labute approximate surface area is 314 Å². The molecule has 1 aliphatic heterocycles. The Morgan fingerprint density at radius 2 is 1.51 bits per heavy atom. The smallest absolute Gasteiger partial charge is 0.328 e. The van der Waals surface area contributed by atoms with Gasteiger partial charge in [0.15, 0.2) is 6.29 Å². The van der Waals surface area contributed by atoms with Crippen molar-refractivity contribution in [2.45, 2.75) is 55.4 Å². The minimum atomic E-state index is -0.826. The first-order chi connectivity index (χ1) is 25.9. The number of hydrogen-bond donors (Lipinski definition) is 3. The second kappa shape index (κ2) is 18.6. The standard InChI is InChI=1S/C43H44N2O7S/c1-49-38-14-8-9-15-40(38)53-28-35-25-39(32-18-16-30(27-46)17-19-32)52-42(51-35)33-22-20-31(21-23-33)36-13-7-6-12-34(36)26-44-43(48)45-37(41(47)50-2)24-29-10-4-3-5-11-29/h3-23,35,37,39,42,46H,24-28H2,1-2H3,(H2,44,45,48). The molecule has 4 atom stereocenters. The zero-order valence-corrected chi connectivity index (χ0v) is 30.6. The Bertz CT molecular complexity index is 1940. The fraction of sp³-hybridized carbons (Fsp3) is 0.256. The van der Waals surface area contributed by atoms with Gasteiger partial charge >= 0.3 is 12.0 Å². The number of aliphatic hydroxyl groups excluding tert-OH is 1. The summed E-state index contributed by atoms with van der Waals surface area (Å²) in [6.45, 7) is 0.235. The molecule has 0 spiro atoms. The van der Waals surface area contributed by atoms with Crippen LogP contribution < -0.4 is 15.4 Å². The first kappa shape index (κ1) is 37.6. The molecule has 10 heteroatoms. The monoisotopic (exact) mass is 732 g/mol. The zero-order chi connectivity index (χ0) is 37.0. The summed E-state index contributed by atoms with van der Waals surface area (Å²) in [6, 6.07) is 40.0. The van der Waals surface area contributed by atoms with E-state index in [1.807, 2.05) is 121 Å². The average Bonchev–Trinajstić information content (AvgIpc) is 3.22. The van der Waals surface area contributed by atoms with Crippen molar-refractivity contribution < 1.29 is 33.6 Å². The third kappa shape index (κ3) is 10.1. The van der Waals surface area contributed by atoms with Crippen molar-refractivity contribution in [3.05, 3.63) is 155 Å². The molecule has 274 valence electrons. The molecule has 0 aromatic heterocycles. The van der Waals surface area contributed by atoms with E-state index in [1.165, 1.54) is 7.11 Å². The van der Waals surface area contributed by atoms with Crippen LogP contribution in [0.4, 0.5) is 4.79 Å². The van der Waals surface area contributed by atoms with Crippen molar-refractivity contribution in [2.75, 3.05) is 20.0 Å². The van der Waals surface area contributed by atoms with Gasteiger partial charge in [0, 0.05) is 35.6 Å². The number of hydrogen-bond acceptors (Lipinski definition) is 8. The van der Waals surface area contributed by atoms with Crippen molar-refractivity contribution in [3.8, 4) is 16.9 Å². The minimum absolute atomic E-state index is 0.0148. The summed E-state index contributed by atoms with van der Waals surface area (Å²) in [7, 11) is 2.99. The number of carbonyl (C=O) groups excluding carboxylic acids is 2. The van der Waals surface area contributed by atoms with Crippen molar-refractivity contribution in [3.63, 3.8) is 0 Å². The molecule has 53 heavy (non-hydrogen) atoms. The number of para-hydroxylation sites is 1. The number of esters is 1. The number of carbonyl (C=O) groups is 2. The molecule has 9 nitrogen and oxygen atoms in total. The normalized spacial score (nSPS) is 17.4. The van der Waals surface area contributed by atoms with Gasteiger partial charge in [0.1, 0.15) is 11.8 Å². The fourth-order valence-electron chi connectivity index (χ4n) is 6.29. The summed E-state index contributed by atoms with van der Waals surface area (Å²) in [4.78, 5) is 26.5. The highest BCUT2D eigenvalue weighted by molar-refractivity contribution is 7.99. The lowest BCUT2D eigenvalue weighted by Gasteiger charge is -2.36. The van der Waals surface area contributed by atoms with E-state index in [0.29, 0.717) is 18.6 Å². The van der Waals surface area contributed by atoms with Crippen LogP contribution in [-0.2, 0) is 38.6 Å². The number of thioether (sulfide) groups is 1. The number of nitrogens with one attached hydrogen (secondary N) is 2. The van der Waals surface area contributed by atoms with E-state index < -0.39 is 24.3 Å². The van der Waals surface area contributed by atoms with Gasteiger partial charge in [0.25, 0.3) is 0 Å². The molecule has 5 aromatic carbocycles. The Balaban J connectivity index is 1.14.